The van der Waals surface area contributed by atoms with E-state index in [1.54, 1.807) is 6.92 Å². The Morgan fingerprint density at radius 1 is 0.929 bits per heavy atom. The van der Waals surface area contributed by atoms with Crippen molar-refractivity contribution in [2.45, 2.75) is 13.1 Å². The lowest BCUT2D eigenvalue weighted by molar-refractivity contribution is -0.137. The van der Waals surface area contributed by atoms with Crippen molar-refractivity contribution in [1.29, 1.82) is 0 Å². The van der Waals surface area contributed by atoms with Crippen LogP contribution in [0.3, 0.4) is 0 Å². The average Bonchev–Trinajstić information content (AvgIpc) is 3.08. The molecule has 2 aromatic carbocycles. The number of nitrogens with one attached hydrogen (secondary N) is 2. The number of hydrogen-bond donors (Lipinski definition) is 2. The maximum absolute atomic E-state index is 12.6. The minimum Gasteiger partial charge on any atom is -0.267 e. The van der Waals surface area contributed by atoms with Crippen LogP contribution in [0.4, 0.5) is 13.2 Å². The Kier molecular flexibility index (Phi) is 5.46. The number of amides is 2. The summed E-state index contributed by atoms with van der Waals surface area (Å²) in [5, 5.41) is 0.664. The molecule has 28 heavy (non-hydrogen) atoms. The summed E-state index contributed by atoms with van der Waals surface area (Å²) in [4.78, 5) is 29.0. The van der Waals surface area contributed by atoms with E-state index in [-0.39, 0.29) is 5.56 Å². The number of nitrogens with zero attached hydrogens (tertiary/aromatic N) is 1. The van der Waals surface area contributed by atoms with E-state index in [1.807, 2.05) is 30.3 Å². The quantitative estimate of drug-likeness (QED) is 0.642. The Morgan fingerprint density at radius 2 is 1.54 bits per heavy atom. The highest BCUT2D eigenvalue weighted by Gasteiger charge is 2.30. The van der Waals surface area contributed by atoms with Gasteiger partial charge < -0.3 is 0 Å². The standard InChI is InChI=1S/C19H14F3N3O2S/c1-11-15(28-18(23-11)13-5-3-2-4-6-13)17(27)25-24-16(26)12-7-9-14(10-8-12)19(20,21)22/h2-10H,1H3,(H,24,26)(H,25,27). The van der Waals surface area contributed by atoms with Crippen LogP contribution in [0.2, 0.25) is 0 Å². The maximum atomic E-state index is 12.6. The second-order valence-electron chi connectivity index (χ2n) is 5.78. The van der Waals surface area contributed by atoms with E-state index in [2.05, 4.69) is 15.8 Å². The second kappa shape index (κ2) is 7.81. The van der Waals surface area contributed by atoms with Crippen molar-refractivity contribution in [2.24, 2.45) is 0 Å². The monoisotopic (exact) mass is 405 g/mol. The zero-order valence-electron chi connectivity index (χ0n) is 14.5. The van der Waals surface area contributed by atoms with E-state index in [0.717, 1.165) is 29.8 Å². The molecular formula is C19H14F3N3O2S. The maximum Gasteiger partial charge on any atom is 0.416 e. The SMILES string of the molecule is Cc1nc(-c2ccccc2)sc1C(=O)NNC(=O)c1ccc(C(F)(F)F)cc1. The van der Waals surface area contributed by atoms with Crippen LogP contribution >= 0.6 is 11.3 Å². The van der Waals surface area contributed by atoms with Crippen LogP contribution in [-0.2, 0) is 6.18 Å². The third-order valence-electron chi connectivity index (χ3n) is 3.79. The van der Waals surface area contributed by atoms with E-state index in [4.69, 9.17) is 0 Å². The van der Waals surface area contributed by atoms with Gasteiger partial charge in [0.05, 0.1) is 11.3 Å². The Morgan fingerprint density at radius 3 is 2.14 bits per heavy atom. The lowest BCUT2D eigenvalue weighted by atomic mass is 10.1. The number of thiazole rings is 1. The average molecular weight is 405 g/mol. The first-order valence-corrected chi connectivity index (χ1v) is 8.88. The predicted octanol–water partition coefficient (Wildman–Crippen LogP) is 4.21. The summed E-state index contributed by atoms with van der Waals surface area (Å²) in [5.74, 6) is -1.29. The molecule has 0 bridgehead atoms. The topological polar surface area (TPSA) is 71.1 Å². The third kappa shape index (κ3) is 4.37. The lowest BCUT2D eigenvalue weighted by Gasteiger charge is -2.09. The molecule has 0 aliphatic heterocycles. The summed E-state index contributed by atoms with van der Waals surface area (Å²) < 4.78 is 37.7. The molecule has 0 saturated heterocycles. The molecule has 2 N–H and O–H groups in total. The van der Waals surface area contributed by atoms with Gasteiger partial charge in [0.2, 0.25) is 0 Å². The lowest BCUT2D eigenvalue weighted by Crippen LogP contribution is -2.41. The van der Waals surface area contributed by atoms with Crippen molar-refractivity contribution in [2.75, 3.05) is 0 Å². The summed E-state index contributed by atoms with van der Waals surface area (Å²) >= 11 is 1.17. The van der Waals surface area contributed by atoms with Crippen LogP contribution in [0.25, 0.3) is 10.6 Å². The van der Waals surface area contributed by atoms with Crippen LogP contribution in [0.15, 0.2) is 54.6 Å². The molecule has 9 heteroatoms. The molecule has 0 unspecified atom stereocenters. The number of alkyl halides is 3. The Labute approximate surface area is 162 Å². The molecule has 2 amide bonds. The van der Waals surface area contributed by atoms with Crippen molar-refractivity contribution >= 4 is 23.2 Å². The molecule has 0 radical (unpaired) electrons. The first-order valence-electron chi connectivity index (χ1n) is 8.06. The fraction of sp³-hybridized carbons (Fsp3) is 0.105. The van der Waals surface area contributed by atoms with Crippen molar-refractivity contribution in [1.82, 2.24) is 15.8 Å². The Bertz CT molecular complexity index is 1000. The van der Waals surface area contributed by atoms with Gasteiger partial charge in [0, 0.05) is 11.1 Å². The molecule has 5 nitrogen and oxygen atoms in total. The number of aromatic nitrogens is 1. The molecule has 0 spiro atoms. The van der Waals surface area contributed by atoms with E-state index < -0.39 is 23.6 Å². The zero-order chi connectivity index (χ0) is 20.3. The molecule has 0 aliphatic carbocycles. The fourth-order valence-electron chi connectivity index (χ4n) is 2.36. The summed E-state index contributed by atoms with van der Waals surface area (Å²) in [6.07, 6.45) is -4.48. The molecule has 0 fully saturated rings. The number of benzene rings is 2. The van der Waals surface area contributed by atoms with Crippen LogP contribution < -0.4 is 10.9 Å². The van der Waals surface area contributed by atoms with Crippen LogP contribution in [-0.4, -0.2) is 16.8 Å². The largest absolute Gasteiger partial charge is 0.416 e. The third-order valence-corrected chi connectivity index (χ3v) is 4.99. The summed E-state index contributed by atoms with van der Waals surface area (Å²) in [7, 11) is 0. The highest BCUT2D eigenvalue weighted by atomic mass is 32.1. The molecular weight excluding hydrogens is 391 g/mol. The number of halogens is 3. The van der Waals surface area contributed by atoms with Gasteiger partial charge in [0.1, 0.15) is 9.88 Å². The number of carbonyl (C=O) groups is 2. The Balaban J connectivity index is 1.66. The predicted molar refractivity (Wildman–Crippen MR) is 98.7 cm³/mol. The molecule has 3 aromatic rings. The zero-order valence-corrected chi connectivity index (χ0v) is 15.3. The molecule has 3 rings (SSSR count). The number of aryl methyl sites for hydroxylation is 1. The van der Waals surface area contributed by atoms with Crippen LogP contribution in [0, 0.1) is 6.92 Å². The summed E-state index contributed by atoms with van der Waals surface area (Å²) in [6.45, 7) is 1.68. The van der Waals surface area contributed by atoms with Crippen molar-refractivity contribution in [3.63, 3.8) is 0 Å². The normalized spacial score (nSPS) is 11.1. The van der Waals surface area contributed by atoms with Gasteiger partial charge in [-0.15, -0.1) is 11.3 Å². The smallest absolute Gasteiger partial charge is 0.267 e. The number of rotatable bonds is 3. The minimum absolute atomic E-state index is 0.0145. The van der Waals surface area contributed by atoms with Gasteiger partial charge in [-0.25, -0.2) is 4.98 Å². The minimum atomic E-state index is -4.48. The number of hydrazine groups is 1. The Hall–Kier alpha value is -3.20. The number of hydrogen-bond acceptors (Lipinski definition) is 4. The van der Waals surface area contributed by atoms with E-state index >= 15 is 0 Å². The van der Waals surface area contributed by atoms with E-state index in [9.17, 15) is 22.8 Å². The van der Waals surface area contributed by atoms with Crippen molar-refractivity contribution in [3.05, 3.63) is 76.3 Å². The second-order valence-corrected chi connectivity index (χ2v) is 6.78. The van der Waals surface area contributed by atoms with Crippen molar-refractivity contribution in [3.8, 4) is 10.6 Å². The van der Waals surface area contributed by atoms with Gasteiger partial charge in [-0.2, -0.15) is 13.2 Å². The highest BCUT2D eigenvalue weighted by molar-refractivity contribution is 7.17. The van der Waals surface area contributed by atoms with Crippen LogP contribution in [0.5, 0.6) is 0 Å². The van der Waals surface area contributed by atoms with Gasteiger partial charge in [-0.3, -0.25) is 20.4 Å². The molecule has 144 valence electrons. The molecule has 0 saturated carbocycles. The van der Waals surface area contributed by atoms with E-state index in [1.165, 1.54) is 11.3 Å². The van der Waals surface area contributed by atoms with Crippen molar-refractivity contribution < 1.29 is 22.8 Å². The first kappa shape index (κ1) is 19.6. The molecule has 0 atom stereocenters. The van der Waals surface area contributed by atoms with Gasteiger partial charge in [0.15, 0.2) is 0 Å². The van der Waals surface area contributed by atoms with Crippen LogP contribution in [0.1, 0.15) is 31.3 Å². The summed E-state index contributed by atoms with van der Waals surface area (Å²) in [5.41, 5.74) is 4.94. The van der Waals surface area contributed by atoms with Gasteiger partial charge in [0.25, 0.3) is 11.8 Å². The first-order chi connectivity index (χ1) is 13.3. The fourth-order valence-corrected chi connectivity index (χ4v) is 3.33. The summed E-state index contributed by atoms with van der Waals surface area (Å²) in [6, 6.07) is 13.0. The highest BCUT2D eigenvalue weighted by Crippen LogP contribution is 2.29. The molecule has 1 heterocycles. The molecule has 0 aliphatic rings. The van der Waals surface area contributed by atoms with E-state index in [0.29, 0.717) is 15.6 Å². The molecule has 1 aromatic heterocycles. The van der Waals surface area contributed by atoms with Gasteiger partial charge in [-0.1, -0.05) is 30.3 Å². The number of carbonyl (C=O) groups excluding carboxylic acids is 2. The van der Waals surface area contributed by atoms with Gasteiger partial charge in [-0.05, 0) is 31.2 Å². The van der Waals surface area contributed by atoms with Gasteiger partial charge >= 0.3 is 6.18 Å².